The number of amides is 3. The Balaban J connectivity index is 1.31. The van der Waals surface area contributed by atoms with Gasteiger partial charge in [-0.25, -0.2) is 0 Å². The van der Waals surface area contributed by atoms with E-state index in [4.69, 9.17) is 0 Å². The van der Waals surface area contributed by atoms with Gasteiger partial charge in [-0.15, -0.1) is 0 Å². The van der Waals surface area contributed by atoms with Gasteiger partial charge in [0, 0.05) is 33.9 Å². The fraction of sp³-hybridized carbons (Fsp3) is 0.219. The van der Waals surface area contributed by atoms with Crippen LogP contribution in [0, 0.1) is 13.8 Å². The van der Waals surface area contributed by atoms with Gasteiger partial charge in [0.15, 0.2) is 0 Å². The summed E-state index contributed by atoms with van der Waals surface area (Å²) in [6.45, 7) is 5.80. The fourth-order valence-corrected chi connectivity index (χ4v) is 5.79. The van der Waals surface area contributed by atoms with Crippen molar-refractivity contribution in [1.29, 1.82) is 0 Å². The molecule has 3 amide bonds. The molecule has 0 unspecified atom stereocenters. The molecular formula is C32H29N3O3. The SMILES string of the molecule is Cc1ccc(N[C@@H]2C[C@@H](C)N(C(=O)CN3C(=O)c4cccc5cccc(c45)C3=O)c3ccc(C)cc32)cc1. The highest BCUT2D eigenvalue weighted by atomic mass is 16.2. The van der Waals surface area contributed by atoms with Crippen LogP contribution in [0.25, 0.3) is 10.8 Å². The Hall–Kier alpha value is -4.45. The summed E-state index contributed by atoms with van der Waals surface area (Å²) >= 11 is 0. The highest BCUT2D eigenvalue weighted by Crippen LogP contribution is 2.40. The zero-order chi connectivity index (χ0) is 26.6. The zero-order valence-corrected chi connectivity index (χ0v) is 21.7. The van der Waals surface area contributed by atoms with Crippen LogP contribution in [-0.4, -0.2) is 35.2 Å². The lowest BCUT2D eigenvalue weighted by Crippen LogP contribution is -2.51. The number of anilines is 2. The van der Waals surface area contributed by atoms with Crippen molar-refractivity contribution < 1.29 is 14.4 Å². The van der Waals surface area contributed by atoms with Crippen LogP contribution in [0.3, 0.4) is 0 Å². The van der Waals surface area contributed by atoms with Crippen molar-refractivity contribution in [2.45, 2.75) is 39.3 Å². The molecule has 0 fully saturated rings. The van der Waals surface area contributed by atoms with Gasteiger partial charge in [-0.1, -0.05) is 59.7 Å². The number of nitrogens with one attached hydrogen (secondary N) is 1. The summed E-state index contributed by atoms with van der Waals surface area (Å²) in [6, 6.07) is 25.1. The van der Waals surface area contributed by atoms with Crippen molar-refractivity contribution in [1.82, 2.24) is 4.90 Å². The summed E-state index contributed by atoms with van der Waals surface area (Å²) in [6.07, 6.45) is 0.695. The normalized spacial score (nSPS) is 18.5. The van der Waals surface area contributed by atoms with Crippen LogP contribution in [0.5, 0.6) is 0 Å². The lowest BCUT2D eigenvalue weighted by Gasteiger charge is -2.41. The van der Waals surface area contributed by atoms with Gasteiger partial charge in [0.25, 0.3) is 11.8 Å². The standard InChI is InChI=1S/C32H29N3O3/c1-19-10-13-23(14-11-19)33-27-17-21(3)35(28-15-12-20(2)16-26(27)28)29(36)18-34-31(37)24-8-4-6-22-7-5-9-25(30(22)24)32(34)38/h4-16,21,27,33H,17-18H2,1-3H3/t21-,27-/m1/s1. The Labute approximate surface area is 221 Å². The van der Waals surface area contributed by atoms with E-state index in [2.05, 4.69) is 42.6 Å². The minimum absolute atomic E-state index is 0.0226. The molecule has 190 valence electrons. The minimum Gasteiger partial charge on any atom is -0.378 e. The number of rotatable bonds is 4. The van der Waals surface area contributed by atoms with Crippen molar-refractivity contribution in [3.05, 3.63) is 107 Å². The maximum atomic E-state index is 13.8. The van der Waals surface area contributed by atoms with Gasteiger partial charge < -0.3 is 10.2 Å². The summed E-state index contributed by atoms with van der Waals surface area (Å²) < 4.78 is 0. The van der Waals surface area contributed by atoms with E-state index in [1.165, 1.54) is 5.56 Å². The molecular weight excluding hydrogens is 474 g/mol. The van der Waals surface area contributed by atoms with Crippen molar-refractivity contribution in [3.63, 3.8) is 0 Å². The first-order chi connectivity index (χ1) is 18.3. The van der Waals surface area contributed by atoms with Gasteiger partial charge in [-0.05, 0) is 68.5 Å². The van der Waals surface area contributed by atoms with E-state index in [0.29, 0.717) is 22.9 Å². The highest BCUT2D eigenvalue weighted by Gasteiger charge is 2.38. The summed E-state index contributed by atoms with van der Waals surface area (Å²) in [5, 5.41) is 5.14. The van der Waals surface area contributed by atoms with E-state index in [9.17, 15) is 14.4 Å². The van der Waals surface area contributed by atoms with E-state index in [-0.39, 0.29) is 24.5 Å². The molecule has 2 aliphatic heterocycles. The number of aryl methyl sites for hydroxylation is 2. The third-order valence-electron chi connectivity index (χ3n) is 7.65. The largest absolute Gasteiger partial charge is 0.378 e. The molecule has 1 N–H and O–H groups in total. The monoisotopic (exact) mass is 503 g/mol. The molecule has 0 aromatic heterocycles. The molecule has 4 aromatic rings. The fourth-order valence-electron chi connectivity index (χ4n) is 5.79. The van der Waals surface area contributed by atoms with Crippen LogP contribution < -0.4 is 10.2 Å². The van der Waals surface area contributed by atoms with Gasteiger partial charge >= 0.3 is 0 Å². The van der Waals surface area contributed by atoms with Crippen molar-refractivity contribution >= 4 is 39.9 Å². The Morgan fingerprint density at radius 2 is 1.50 bits per heavy atom. The van der Waals surface area contributed by atoms with Gasteiger partial charge in [-0.3, -0.25) is 19.3 Å². The molecule has 0 radical (unpaired) electrons. The van der Waals surface area contributed by atoms with Crippen LogP contribution in [0.1, 0.15) is 56.8 Å². The van der Waals surface area contributed by atoms with Crippen molar-refractivity contribution in [3.8, 4) is 0 Å². The predicted octanol–water partition coefficient (Wildman–Crippen LogP) is 6.03. The van der Waals surface area contributed by atoms with E-state index >= 15 is 0 Å². The second-order valence-corrected chi connectivity index (χ2v) is 10.4. The zero-order valence-electron chi connectivity index (χ0n) is 21.7. The number of imide groups is 1. The third-order valence-corrected chi connectivity index (χ3v) is 7.65. The molecule has 6 nitrogen and oxygen atoms in total. The van der Waals surface area contributed by atoms with Crippen LogP contribution >= 0.6 is 0 Å². The number of fused-ring (bicyclic) bond motifs is 1. The smallest absolute Gasteiger partial charge is 0.261 e. The number of carbonyl (C=O) groups is 3. The van der Waals surface area contributed by atoms with Gasteiger partial charge in [0.05, 0.1) is 6.04 Å². The predicted molar refractivity (Wildman–Crippen MR) is 150 cm³/mol. The maximum absolute atomic E-state index is 13.8. The Morgan fingerprint density at radius 1 is 0.868 bits per heavy atom. The third kappa shape index (κ3) is 3.93. The van der Waals surface area contributed by atoms with Gasteiger partial charge in [-0.2, -0.15) is 0 Å². The average molecular weight is 504 g/mol. The van der Waals surface area contributed by atoms with Crippen molar-refractivity contribution in [2.24, 2.45) is 0 Å². The van der Waals surface area contributed by atoms with Gasteiger partial charge in [0.1, 0.15) is 6.54 Å². The van der Waals surface area contributed by atoms with E-state index in [1.807, 2.05) is 50.2 Å². The van der Waals surface area contributed by atoms with E-state index < -0.39 is 11.8 Å². The highest BCUT2D eigenvalue weighted by molar-refractivity contribution is 6.26. The molecule has 6 rings (SSSR count). The topological polar surface area (TPSA) is 69.7 Å². The van der Waals surface area contributed by atoms with E-state index in [0.717, 1.165) is 32.8 Å². The molecule has 2 aliphatic rings. The molecule has 0 bridgehead atoms. The molecule has 0 saturated heterocycles. The summed E-state index contributed by atoms with van der Waals surface area (Å²) in [5.41, 5.74) is 6.07. The lowest BCUT2D eigenvalue weighted by molar-refractivity contribution is -0.119. The van der Waals surface area contributed by atoms with Crippen molar-refractivity contribution in [2.75, 3.05) is 16.8 Å². The summed E-state index contributed by atoms with van der Waals surface area (Å²) in [5.74, 6) is -1.13. The first kappa shape index (κ1) is 23.9. The van der Waals surface area contributed by atoms with Crippen LogP contribution in [0.15, 0.2) is 78.9 Å². The molecule has 38 heavy (non-hydrogen) atoms. The quantitative estimate of drug-likeness (QED) is 0.345. The maximum Gasteiger partial charge on any atom is 0.261 e. The average Bonchev–Trinajstić information content (AvgIpc) is 2.91. The molecule has 2 atom stereocenters. The summed E-state index contributed by atoms with van der Waals surface area (Å²) in [4.78, 5) is 43.5. The second-order valence-electron chi connectivity index (χ2n) is 10.4. The van der Waals surface area contributed by atoms with Gasteiger partial charge in [0.2, 0.25) is 5.91 Å². The Morgan fingerprint density at radius 3 is 2.16 bits per heavy atom. The van der Waals surface area contributed by atoms with Crippen LogP contribution in [0.4, 0.5) is 11.4 Å². The first-order valence-corrected chi connectivity index (χ1v) is 13.0. The molecule has 2 heterocycles. The molecule has 6 heteroatoms. The molecule has 4 aromatic carbocycles. The van der Waals surface area contributed by atoms with Crippen LogP contribution in [-0.2, 0) is 4.79 Å². The second kappa shape index (κ2) is 9.14. The number of hydrogen-bond donors (Lipinski definition) is 1. The first-order valence-electron chi connectivity index (χ1n) is 13.0. The number of carbonyl (C=O) groups excluding carboxylic acids is 3. The molecule has 0 spiro atoms. The lowest BCUT2D eigenvalue weighted by atomic mass is 9.90. The molecule has 0 aliphatic carbocycles. The number of nitrogens with zero attached hydrogens (tertiary/aromatic N) is 2. The Kier molecular flexibility index (Phi) is 5.75. The minimum atomic E-state index is -0.430. The number of hydrogen-bond acceptors (Lipinski definition) is 4. The number of benzene rings is 4. The molecule has 0 saturated carbocycles. The Bertz CT molecular complexity index is 1560. The summed E-state index contributed by atoms with van der Waals surface area (Å²) in [7, 11) is 0. The van der Waals surface area contributed by atoms with E-state index in [1.54, 1.807) is 17.0 Å². The van der Waals surface area contributed by atoms with Crippen LogP contribution in [0.2, 0.25) is 0 Å².